The second-order valence-electron chi connectivity index (χ2n) is 5.86. The Morgan fingerprint density at radius 1 is 1.00 bits per heavy atom. The van der Waals surface area contributed by atoms with Crippen LogP contribution in [0.5, 0.6) is 17.2 Å². The van der Waals surface area contributed by atoms with Gasteiger partial charge in [-0.1, -0.05) is 11.6 Å². The van der Waals surface area contributed by atoms with Crippen LogP contribution in [0.4, 0.5) is 0 Å². The Hall–Kier alpha value is -2.40. The van der Waals surface area contributed by atoms with Gasteiger partial charge in [0.25, 0.3) is 0 Å². The van der Waals surface area contributed by atoms with E-state index in [-0.39, 0.29) is 11.9 Å². The predicted molar refractivity (Wildman–Crippen MR) is 102 cm³/mol. The maximum Gasteiger partial charge on any atom is 0.220 e. The van der Waals surface area contributed by atoms with Gasteiger partial charge in [0, 0.05) is 11.4 Å². The highest BCUT2D eigenvalue weighted by atomic mass is 35.5. The van der Waals surface area contributed by atoms with E-state index in [1.165, 1.54) is 0 Å². The summed E-state index contributed by atoms with van der Waals surface area (Å²) in [4.78, 5) is 11.9. The van der Waals surface area contributed by atoms with Gasteiger partial charge in [-0.05, 0) is 61.9 Å². The number of carbonyl (C=O) groups is 1. The molecular formula is C20H24ClNO4. The van der Waals surface area contributed by atoms with Crippen LogP contribution < -0.4 is 19.5 Å². The van der Waals surface area contributed by atoms with Gasteiger partial charge in [0.2, 0.25) is 5.91 Å². The Balaban J connectivity index is 1.59. The highest BCUT2D eigenvalue weighted by molar-refractivity contribution is 6.30. The summed E-state index contributed by atoms with van der Waals surface area (Å²) in [6, 6.07) is 14.4. The van der Waals surface area contributed by atoms with Gasteiger partial charge < -0.3 is 19.5 Å². The lowest BCUT2D eigenvalue weighted by molar-refractivity contribution is -0.122. The van der Waals surface area contributed by atoms with E-state index in [1.54, 1.807) is 31.4 Å². The molecule has 0 fully saturated rings. The van der Waals surface area contributed by atoms with Crippen LogP contribution >= 0.6 is 11.6 Å². The van der Waals surface area contributed by atoms with Crippen molar-refractivity contribution in [3.63, 3.8) is 0 Å². The number of nitrogens with one attached hydrogen (secondary N) is 1. The predicted octanol–water partition coefficient (Wildman–Crippen LogP) is 4.09. The Labute approximate surface area is 159 Å². The number of rotatable bonds is 10. The van der Waals surface area contributed by atoms with Gasteiger partial charge in [0.1, 0.15) is 23.9 Å². The molecule has 26 heavy (non-hydrogen) atoms. The number of halogens is 1. The summed E-state index contributed by atoms with van der Waals surface area (Å²) in [6.07, 6.45) is 1.04. The summed E-state index contributed by atoms with van der Waals surface area (Å²) in [5.41, 5.74) is 0. The van der Waals surface area contributed by atoms with Crippen LogP contribution in [-0.4, -0.2) is 32.3 Å². The molecular weight excluding hydrogens is 354 g/mol. The van der Waals surface area contributed by atoms with Crippen LogP contribution in [0.3, 0.4) is 0 Å². The molecule has 0 spiro atoms. The van der Waals surface area contributed by atoms with Gasteiger partial charge in [0.05, 0.1) is 19.8 Å². The summed E-state index contributed by atoms with van der Waals surface area (Å²) in [6.45, 7) is 2.79. The highest BCUT2D eigenvalue weighted by Crippen LogP contribution is 2.17. The fourth-order valence-corrected chi connectivity index (χ4v) is 2.36. The molecule has 0 radical (unpaired) electrons. The van der Waals surface area contributed by atoms with E-state index in [0.29, 0.717) is 31.1 Å². The number of carbonyl (C=O) groups excluding carboxylic acids is 1. The maximum atomic E-state index is 11.9. The average molecular weight is 378 g/mol. The van der Waals surface area contributed by atoms with Crippen LogP contribution in [0.25, 0.3) is 0 Å². The number of hydrogen-bond acceptors (Lipinski definition) is 4. The van der Waals surface area contributed by atoms with Crippen LogP contribution in [0.2, 0.25) is 5.02 Å². The van der Waals surface area contributed by atoms with E-state index in [0.717, 1.165) is 17.2 Å². The van der Waals surface area contributed by atoms with Crippen molar-refractivity contribution in [2.45, 2.75) is 25.8 Å². The van der Waals surface area contributed by atoms with E-state index >= 15 is 0 Å². The Kier molecular flexibility index (Phi) is 8.09. The van der Waals surface area contributed by atoms with Crippen molar-refractivity contribution in [1.29, 1.82) is 0 Å². The Morgan fingerprint density at radius 2 is 1.58 bits per heavy atom. The topological polar surface area (TPSA) is 56.8 Å². The molecule has 0 bridgehead atoms. The van der Waals surface area contributed by atoms with Crippen molar-refractivity contribution < 1.29 is 19.0 Å². The summed E-state index contributed by atoms with van der Waals surface area (Å²) in [7, 11) is 1.62. The van der Waals surface area contributed by atoms with E-state index in [9.17, 15) is 4.79 Å². The van der Waals surface area contributed by atoms with E-state index in [1.807, 2.05) is 31.2 Å². The summed E-state index contributed by atoms with van der Waals surface area (Å²) >= 11 is 5.82. The molecule has 6 heteroatoms. The van der Waals surface area contributed by atoms with Gasteiger partial charge >= 0.3 is 0 Å². The second kappa shape index (κ2) is 10.6. The monoisotopic (exact) mass is 377 g/mol. The first-order valence-corrected chi connectivity index (χ1v) is 8.89. The molecule has 0 aliphatic rings. The third kappa shape index (κ3) is 7.23. The van der Waals surface area contributed by atoms with E-state index in [4.69, 9.17) is 25.8 Å². The van der Waals surface area contributed by atoms with Crippen LogP contribution in [0, 0.1) is 0 Å². The zero-order valence-corrected chi connectivity index (χ0v) is 15.8. The molecule has 1 N–H and O–H groups in total. The maximum absolute atomic E-state index is 11.9. The normalized spacial score (nSPS) is 11.5. The smallest absolute Gasteiger partial charge is 0.220 e. The SMILES string of the molecule is COc1ccc(OC[C@@H](C)NC(=O)CCCOc2ccc(Cl)cc2)cc1. The summed E-state index contributed by atoms with van der Waals surface area (Å²) in [5.74, 6) is 2.24. The van der Waals surface area contributed by atoms with Gasteiger partial charge in [-0.3, -0.25) is 4.79 Å². The highest BCUT2D eigenvalue weighted by Gasteiger charge is 2.08. The van der Waals surface area contributed by atoms with Gasteiger partial charge in [-0.2, -0.15) is 0 Å². The number of amides is 1. The van der Waals surface area contributed by atoms with E-state index < -0.39 is 0 Å². The number of ether oxygens (including phenoxy) is 3. The molecule has 1 amide bonds. The third-order valence-corrected chi connectivity index (χ3v) is 3.85. The number of benzene rings is 2. The molecule has 0 saturated carbocycles. The van der Waals surface area contributed by atoms with Crippen molar-refractivity contribution in [1.82, 2.24) is 5.32 Å². The van der Waals surface area contributed by atoms with Gasteiger partial charge in [0.15, 0.2) is 0 Å². The zero-order chi connectivity index (χ0) is 18.8. The molecule has 0 unspecified atom stereocenters. The second-order valence-corrected chi connectivity index (χ2v) is 6.30. The van der Waals surface area contributed by atoms with Crippen LogP contribution in [0.1, 0.15) is 19.8 Å². The third-order valence-electron chi connectivity index (χ3n) is 3.60. The molecule has 2 aromatic rings. The van der Waals surface area contributed by atoms with Crippen molar-refractivity contribution in [3.05, 3.63) is 53.6 Å². The van der Waals surface area contributed by atoms with Crippen LogP contribution in [-0.2, 0) is 4.79 Å². The molecule has 0 aliphatic heterocycles. The largest absolute Gasteiger partial charge is 0.497 e. The molecule has 1 atom stereocenters. The zero-order valence-electron chi connectivity index (χ0n) is 15.0. The lowest BCUT2D eigenvalue weighted by Gasteiger charge is -2.15. The number of hydrogen-bond donors (Lipinski definition) is 1. The molecule has 5 nitrogen and oxygen atoms in total. The minimum atomic E-state index is -0.0817. The van der Waals surface area contributed by atoms with Gasteiger partial charge in [-0.15, -0.1) is 0 Å². The molecule has 0 aliphatic carbocycles. The van der Waals surface area contributed by atoms with E-state index in [2.05, 4.69) is 5.32 Å². The average Bonchev–Trinajstić information content (AvgIpc) is 2.65. The van der Waals surface area contributed by atoms with Crippen LogP contribution in [0.15, 0.2) is 48.5 Å². The lowest BCUT2D eigenvalue weighted by atomic mass is 10.2. The first kappa shape index (κ1) is 19.9. The number of methoxy groups -OCH3 is 1. The van der Waals surface area contributed by atoms with Crippen molar-refractivity contribution in [3.8, 4) is 17.2 Å². The molecule has 140 valence electrons. The minimum absolute atomic E-state index is 0.0180. The summed E-state index contributed by atoms with van der Waals surface area (Å²) < 4.78 is 16.3. The van der Waals surface area contributed by atoms with Crippen molar-refractivity contribution in [2.24, 2.45) is 0 Å². The molecule has 2 aromatic carbocycles. The summed E-state index contributed by atoms with van der Waals surface area (Å²) in [5, 5.41) is 3.59. The Morgan fingerprint density at radius 3 is 2.23 bits per heavy atom. The molecule has 0 aromatic heterocycles. The Bertz CT molecular complexity index is 673. The quantitative estimate of drug-likeness (QED) is 0.633. The molecule has 0 heterocycles. The first-order chi connectivity index (χ1) is 12.6. The molecule has 2 rings (SSSR count). The minimum Gasteiger partial charge on any atom is -0.497 e. The first-order valence-electron chi connectivity index (χ1n) is 8.51. The molecule has 0 saturated heterocycles. The van der Waals surface area contributed by atoms with Gasteiger partial charge in [-0.25, -0.2) is 0 Å². The fourth-order valence-electron chi connectivity index (χ4n) is 2.24. The van der Waals surface area contributed by atoms with Crippen molar-refractivity contribution >= 4 is 17.5 Å². The van der Waals surface area contributed by atoms with Crippen molar-refractivity contribution in [2.75, 3.05) is 20.3 Å². The lowest BCUT2D eigenvalue weighted by Crippen LogP contribution is -2.36. The standard InChI is InChI=1S/C20H24ClNO4/c1-15(14-26-19-11-9-17(24-2)10-12-19)22-20(23)4-3-13-25-18-7-5-16(21)6-8-18/h5-12,15H,3-4,13-14H2,1-2H3,(H,22,23)/t15-/m1/s1. The fraction of sp³-hybridized carbons (Fsp3) is 0.350.